The van der Waals surface area contributed by atoms with Crippen LogP contribution >= 0.6 is 11.6 Å². The first-order valence-electron chi connectivity index (χ1n) is 7.27. The van der Waals surface area contributed by atoms with Crippen molar-refractivity contribution in [2.75, 3.05) is 6.54 Å². The molecule has 0 aliphatic heterocycles. The monoisotopic (exact) mass is 328 g/mol. The van der Waals surface area contributed by atoms with E-state index in [1.807, 2.05) is 54.6 Å². The topological polar surface area (TPSA) is 62.1 Å². The first-order chi connectivity index (χ1) is 11.2. The molecule has 0 spiro atoms. The van der Waals surface area contributed by atoms with E-state index in [0.29, 0.717) is 24.6 Å². The van der Waals surface area contributed by atoms with Crippen LogP contribution in [0.4, 0.5) is 0 Å². The van der Waals surface area contributed by atoms with Crippen LogP contribution in [0.1, 0.15) is 17.5 Å². The van der Waals surface area contributed by atoms with Crippen molar-refractivity contribution in [1.82, 2.24) is 5.32 Å². The molecule has 2 rings (SSSR count). The number of nitriles is 1. The number of benzene rings is 2. The van der Waals surface area contributed by atoms with Gasteiger partial charge < -0.3 is 10.1 Å². The van der Waals surface area contributed by atoms with E-state index in [-0.39, 0.29) is 12.3 Å². The molecule has 0 saturated carbocycles. The Morgan fingerprint density at radius 3 is 2.65 bits per heavy atom. The molecule has 0 radical (unpaired) electrons. The van der Waals surface area contributed by atoms with E-state index >= 15 is 0 Å². The number of carbonyl (C=O) groups excluding carboxylic acids is 1. The van der Waals surface area contributed by atoms with Crippen molar-refractivity contribution in [1.29, 1.82) is 5.26 Å². The molecule has 2 aromatic carbocycles. The normalized spacial score (nSPS) is 9.91. The van der Waals surface area contributed by atoms with E-state index in [0.717, 1.165) is 16.9 Å². The van der Waals surface area contributed by atoms with Gasteiger partial charge in [-0.15, -0.1) is 0 Å². The first-order valence-corrected chi connectivity index (χ1v) is 7.65. The highest BCUT2D eigenvalue weighted by atomic mass is 35.5. The largest absolute Gasteiger partial charge is 0.489 e. The number of amides is 1. The van der Waals surface area contributed by atoms with E-state index in [1.54, 1.807) is 0 Å². The maximum atomic E-state index is 11.2. The highest BCUT2D eigenvalue weighted by Crippen LogP contribution is 2.16. The third-order valence-corrected chi connectivity index (χ3v) is 3.43. The molecule has 0 fully saturated rings. The number of ether oxygens (including phenoxy) is 1. The van der Waals surface area contributed by atoms with Crippen LogP contribution < -0.4 is 10.1 Å². The number of halogens is 1. The van der Waals surface area contributed by atoms with Gasteiger partial charge in [-0.2, -0.15) is 5.26 Å². The van der Waals surface area contributed by atoms with E-state index in [9.17, 15) is 4.79 Å². The molecule has 0 saturated heterocycles. The van der Waals surface area contributed by atoms with E-state index in [2.05, 4.69) is 5.32 Å². The van der Waals surface area contributed by atoms with E-state index in [4.69, 9.17) is 21.6 Å². The summed E-state index contributed by atoms with van der Waals surface area (Å²) in [7, 11) is 0. The van der Waals surface area contributed by atoms with Crippen molar-refractivity contribution >= 4 is 17.5 Å². The Morgan fingerprint density at radius 1 is 1.17 bits per heavy atom. The highest BCUT2D eigenvalue weighted by molar-refractivity contribution is 6.30. The van der Waals surface area contributed by atoms with Gasteiger partial charge in [0.25, 0.3) is 0 Å². The van der Waals surface area contributed by atoms with Crippen molar-refractivity contribution in [2.45, 2.75) is 19.4 Å². The summed E-state index contributed by atoms with van der Waals surface area (Å²) in [4.78, 5) is 11.2. The number of nitrogens with zero attached hydrogens (tertiary/aromatic N) is 1. The Hall–Kier alpha value is -2.51. The maximum Gasteiger partial charge on any atom is 0.234 e. The Balaban J connectivity index is 1.78. The summed E-state index contributed by atoms with van der Waals surface area (Å²) >= 11 is 5.93. The minimum absolute atomic E-state index is 0.101. The fraction of sp³-hybridized carbons (Fsp3) is 0.222. The fourth-order valence-corrected chi connectivity index (χ4v) is 2.24. The SMILES string of the molecule is N#CCC(=O)NCCc1ccc(OCc2cccc(Cl)c2)cc1. The van der Waals surface area contributed by atoms with Crippen LogP contribution in [0.25, 0.3) is 0 Å². The smallest absolute Gasteiger partial charge is 0.234 e. The second kappa shape index (κ2) is 8.82. The molecule has 118 valence electrons. The second-order valence-electron chi connectivity index (χ2n) is 5.00. The van der Waals surface area contributed by atoms with Gasteiger partial charge in [-0.05, 0) is 41.8 Å². The summed E-state index contributed by atoms with van der Waals surface area (Å²) < 4.78 is 5.71. The van der Waals surface area contributed by atoms with Crippen LogP contribution in [-0.4, -0.2) is 12.5 Å². The summed E-state index contributed by atoms with van der Waals surface area (Å²) in [6, 6.07) is 17.1. The van der Waals surface area contributed by atoms with Gasteiger partial charge in [-0.1, -0.05) is 35.9 Å². The van der Waals surface area contributed by atoms with Gasteiger partial charge in [0.05, 0.1) is 6.07 Å². The average Bonchev–Trinajstić information content (AvgIpc) is 2.54. The predicted octanol–water partition coefficient (Wildman–Crippen LogP) is 3.49. The van der Waals surface area contributed by atoms with Gasteiger partial charge in [0.15, 0.2) is 0 Å². The quantitative estimate of drug-likeness (QED) is 0.846. The van der Waals surface area contributed by atoms with Crippen molar-refractivity contribution in [2.24, 2.45) is 0 Å². The first kappa shape index (κ1) is 16.9. The summed E-state index contributed by atoms with van der Waals surface area (Å²) in [6.45, 7) is 0.980. The molecule has 1 N–H and O–H groups in total. The number of carbonyl (C=O) groups is 1. The summed E-state index contributed by atoms with van der Waals surface area (Å²) in [5.41, 5.74) is 2.11. The maximum absolute atomic E-state index is 11.2. The Labute approximate surface area is 140 Å². The molecule has 0 aromatic heterocycles. The molecular weight excluding hydrogens is 312 g/mol. The third-order valence-electron chi connectivity index (χ3n) is 3.19. The van der Waals surface area contributed by atoms with E-state index in [1.165, 1.54) is 0 Å². The molecule has 4 nitrogen and oxygen atoms in total. The van der Waals surface area contributed by atoms with Gasteiger partial charge in [-0.3, -0.25) is 4.79 Å². The molecule has 0 atom stereocenters. The molecule has 0 aliphatic carbocycles. The molecule has 23 heavy (non-hydrogen) atoms. The lowest BCUT2D eigenvalue weighted by atomic mass is 10.1. The number of hydrogen-bond donors (Lipinski definition) is 1. The van der Waals surface area contributed by atoms with Crippen molar-refractivity contribution in [3.8, 4) is 11.8 Å². The van der Waals surface area contributed by atoms with Gasteiger partial charge in [-0.25, -0.2) is 0 Å². The standard InChI is InChI=1S/C18H17ClN2O2/c19-16-3-1-2-15(12-16)13-23-17-6-4-14(5-7-17)9-11-21-18(22)8-10-20/h1-7,12H,8-9,11,13H2,(H,21,22). The lowest BCUT2D eigenvalue weighted by Gasteiger charge is -2.08. The third kappa shape index (κ3) is 6.01. The molecule has 1 amide bonds. The Bertz CT molecular complexity index is 693. The molecule has 0 bridgehead atoms. The average molecular weight is 329 g/mol. The summed E-state index contributed by atoms with van der Waals surface area (Å²) in [6.07, 6.45) is 0.613. The van der Waals surface area contributed by atoms with Crippen LogP contribution in [0, 0.1) is 11.3 Å². The zero-order valence-corrected chi connectivity index (χ0v) is 13.3. The van der Waals surface area contributed by atoms with Crippen LogP contribution in [0.2, 0.25) is 5.02 Å². The van der Waals surface area contributed by atoms with Gasteiger partial charge in [0, 0.05) is 11.6 Å². The van der Waals surface area contributed by atoms with Crippen LogP contribution in [-0.2, 0) is 17.8 Å². The predicted molar refractivity (Wildman–Crippen MR) is 89.2 cm³/mol. The van der Waals surface area contributed by atoms with Gasteiger partial charge in [0.1, 0.15) is 18.8 Å². The zero-order chi connectivity index (χ0) is 16.5. The van der Waals surface area contributed by atoms with E-state index < -0.39 is 0 Å². The minimum Gasteiger partial charge on any atom is -0.489 e. The van der Waals surface area contributed by atoms with Crippen molar-refractivity contribution in [3.05, 3.63) is 64.7 Å². The number of hydrogen-bond acceptors (Lipinski definition) is 3. The summed E-state index contributed by atoms with van der Waals surface area (Å²) in [5, 5.41) is 11.8. The highest BCUT2D eigenvalue weighted by Gasteiger charge is 2.01. The molecule has 0 aliphatic rings. The molecule has 0 unspecified atom stereocenters. The minimum atomic E-state index is -0.242. The lowest BCUT2D eigenvalue weighted by molar-refractivity contribution is -0.120. The second-order valence-corrected chi connectivity index (χ2v) is 5.43. The molecular formula is C18H17ClN2O2. The molecule has 0 heterocycles. The summed E-state index contributed by atoms with van der Waals surface area (Å²) in [5.74, 6) is 0.538. The van der Waals surface area contributed by atoms with Crippen molar-refractivity contribution in [3.63, 3.8) is 0 Å². The van der Waals surface area contributed by atoms with Crippen LogP contribution in [0.15, 0.2) is 48.5 Å². The zero-order valence-electron chi connectivity index (χ0n) is 12.6. The number of rotatable bonds is 7. The van der Waals surface area contributed by atoms with Crippen LogP contribution in [0.3, 0.4) is 0 Å². The Kier molecular flexibility index (Phi) is 6.46. The fourth-order valence-electron chi connectivity index (χ4n) is 2.03. The van der Waals surface area contributed by atoms with Crippen LogP contribution in [0.5, 0.6) is 5.75 Å². The Morgan fingerprint density at radius 2 is 1.96 bits per heavy atom. The molecule has 2 aromatic rings. The molecule has 5 heteroatoms. The lowest BCUT2D eigenvalue weighted by Crippen LogP contribution is -2.24. The van der Waals surface area contributed by atoms with Gasteiger partial charge in [0.2, 0.25) is 5.91 Å². The van der Waals surface area contributed by atoms with Gasteiger partial charge >= 0.3 is 0 Å². The number of nitrogens with one attached hydrogen (secondary N) is 1. The van der Waals surface area contributed by atoms with Crippen molar-refractivity contribution < 1.29 is 9.53 Å².